The van der Waals surface area contributed by atoms with Crippen molar-refractivity contribution in [3.8, 4) is 5.75 Å². The van der Waals surface area contributed by atoms with E-state index in [-0.39, 0.29) is 43.1 Å². The lowest BCUT2D eigenvalue weighted by molar-refractivity contribution is -0.116. The molecule has 9 heteroatoms. The van der Waals surface area contributed by atoms with Crippen LogP contribution in [0.1, 0.15) is 36.5 Å². The first-order valence-electron chi connectivity index (χ1n) is 11.7. The molecule has 2 aromatic heterocycles. The van der Waals surface area contributed by atoms with Gasteiger partial charge in [0.1, 0.15) is 5.75 Å². The van der Waals surface area contributed by atoms with Crippen LogP contribution in [0.5, 0.6) is 5.75 Å². The number of carbonyl (C=O) groups is 1. The number of anilines is 1. The van der Waals surface area contributed by atoms with Gasteiger partial charge in [0, 0.05) is 63.6 Å². The molecule has 0 unspecified atom stereocenters. The number of pyridine rings is 2. The highest BCUT2D eigenvalue weighted by molar-refractivity contribution is 5.92. The van der Waals surface area contributed by atoms with Crippen LogP contribution in [-0.2, 0) is 24.2 Å². The van der Waals surface area contributed by atoms with Gasteiger partial charge in [-0.3, -0.25) is 19.7 Å². The third-order valence-electron chi connectivity index (χ3n) is 6.03. The van der Waals surface area contributed by atoms with Crippen LogP contribution in [0, 0.1) is 0 Å². The summed E-state index contributed by atoms with van der Waals surface area (Å²) in [7, 11) is 0. The Bertz CT molecular complexity index is 1040. The van der Waals surface area contributed by atoms with Crippen molar-refractivity contribution in [3.05, 3.63) is 83.9 Å². The second kappa shape index (κ2) is 16.4. The van der Waals surface area contributed by atoms with E-state index in [0.29, 0.717) is 6.61 Å². The summed E-state index contributed by atoms with van der Waals surface area (Å²) < 4.78 is 6.08. The van der Waals surface area contributed by atoms with Crippen molar-refractivity contribution in [1.82, 2.24) is 14.9 Å². The Labute approximate surface area is 232 Å². The third-order valence-corrected chi connectivity index (χ3v) is 6.03. The molecule has 4 rings (SSSR count). The first-order valence-corrected chi connectivity index (χ1v) is 11.7. The van der Waals surface area contributed by atoms with Crippen molar-refractivity contribution in [2.75, 3.05) is 31.1 Å². The molecule has 1 aromatic carbocycles. The van der Waals surface area contributed by atoms with Crippen LogP contribution in [0.25, 0.3) is 0 Å². The highest BCUT2D eigenvalue weighted by Crippen LogP contribution is 2.30. The minimum atomic E-state index is 0. The largest absolute Gasteiger partial charge is 0.494 e. The van der Waals surface area contributed by atoms with Gasteiger partial charge >= 0.3 is 0 Å². The molecule has 3 heterocycles. The van der Waals surface area contributed by atoms with Crippen LogP contribution in [-0.4, -0.2) is 47.0 Å². The Hall–Kier alpha value is -2.38. The Morgan fingerprint density at radius 1 is 1.00 bits per heavy atom. The fourth-order valence-corrected chi connectivity index (χ4v) is 4.32. The summed E-state index contributed by atoms with van der Waals surface area (Å²) in [6, 6.07) is 14.4. The van der Waals surface area contributed by atoms with Gasteiger partial charge in [0.25, 0.3) is 0 Å². The molecule has 0 saturated heterocycles. The number of aryl methyl sites for hydroxylation is 1. The zero-order valence-corrected chi connectivity index (χ0v) is 23.0. The molecule has 1 amide bonds. The number of halogens is 3. The van der Waals surface area contributed by atoms with E-state index in [9.17, 15) is 4.79 Å². The predicted octanol–water partition coefficient (Wildman–Crippen LogP) is 5.55. The summed E-state index contributed by atoms with van der Waals surface area (Å²) >= 11 is 0. The highest BCUT2D eigenvalue weighted by atomic mass is 35.5. The molecule has 196 valence electrons. The molecule has 0 aliphatic carbocycles. The first-order chi connectivity index (χ1) is 16.2. The maximum Gasteiger partial charge on any atom is 0.223 e. The molecule has 0 radical (unpaired) electrons. The molecule has 6 nitrogen and oxygen atoms in total. The van der Waals surface area contributed by atoms with Crippen molar-refractivity contribution in [2.45, 2.75) is 39.2 Å². The highest BCUT2D eigenvalue weighted by Gasteiger charge is 2.20. The molecule has 1 aliphatic heterocycles. The van der Waals surface area contributed by atoms with Gasteiger partial charge in [-0.1, -0.05) is 6.07 Å². The number of hydrogen-bond acceptors (Lipinski definition) is 5. The molecule has 0 N–H and O–H groups in total. The van der Waals surface area contributed by atoms with Crippen molar-refractivity contribution in [1.29, 1.82) is 0 Å². The minimum absolute atomic E-state index is 0. The van der Waals surface area contributed by atoms with E-state index in [2.05, 4.69) is 39.1 Å². The third kappa shape index (κ3) is 9.25. The minimum Gasteiger partial charge on any atom is -0.494 e. The van der Waals surface area contributed by atoms with Gasteiger partial charge in [0.15, 0.2) is 0 Å². The van der Waals surface area contributed by atoms with E-state index in [0.717, 1.165) is 63.3 Å². The zero-order valence-electron chi connectivity index (χ0n) is 20.5. The molecule has 0 bridgehead atoms. The second-order valence-electron chi connectivity index (χ2n) is 8.51. The number of benzene rings is 1. The van der Waals surface area contributed by atoms with Crippen LogP contribution in [0.2, 0.25) is 0 Å². The number of ether oxygens (including phenoxy) is 1. The van der Waals surface area contributed by atoms with Crippen molar-refractivity contribution in [3.63, 3.8) is 0 Å². The van der Waals surface area contributed by atoms with Crippen molar-refractivity contribution >= 4 is 48.8 Å². The lowest BCUT2D eigenvalue weighted by Gasteiger charge is -2.29. The van der Waals surface area contributed by atoms with E-state index < -0.39 is 0 Å². The fraction of sp³-hybridized carbons (Fsp3) is 0.370. The molecule has 0 spiro atoms. The van der Waals surface area contributed by atoms with Crippen LogP contribution >= 0.6 is 37.2 Å². The normalized spacial score (nSPS) is 12.0. The smallest absolute Gasteiger partial charge is 0.223 e. The number of carbonyl (C=O) groups excluding carboxylic acids is 1. The van der Waals surface area contributed by atoms with Crippen molar-refractivity contribution < 1.29 is 9.53 Å². The van der Waals surface area contributed by atoms with Gasteiger partial charge in [0.2, 0.25) is 5.91 Å². The Morgan fingerprint density at radius 3 is 2.53 bits per heavy atom. The Morgan fingerprint density at radius 2 is 1.81 bits per heavy atom. The van der Waals surface area contributed by atoms with E-state index in [1.165, 1.54) is 16.7 Å². The number of rotatable bonds is 10. The second-order valence-corrected chi connectivity index (χ2v) is 8.51. The summed E-state index contributed by atoms with van der Waals surface area (Å²) in [6.07, 6.45) is 11.3. The van der Waals surface area contributed by atoms with Crippen LogP contribution in [0.4, 0.5) is 5.69 Å². The number of fused-ring (bicyclic) bond motifs is 1. The van der Waals surface area contributed by atoms with Crippen LogP contribution in [0.3, 0.4) is 0 Å². The van der Waals surface area contributed by atoms with E-state index >= 15 is 0 Å². The number of aromatic nitrogens is 2. The average molecular weight is 554 g/mol. The van der Waals surface area contributed by atoms with E-state index in [1.807, 2.05) is 47.9 Å². The maximum absolute atomic E-state index is 11.9. The van der Waals surface area contributed by atoms with E-state index in [4.69, 9.17) is 4.74 Å². The molecule has 36 heavy (non-hydrogen) atoms. The summed E-state index contributed by atoms with van der Waals surface area (Å²) in [5, 5.41) is 0. The van der Waals surface area contributed by atoms with Crippen LogP contribution in [0.15, 0.2) is 67.3 Å². The number of hydrogen-bond donors (Lipinski definition) is 0. The van der Waals surface area contributed by atoms with Gasteiger partial charge in [0.05, 0.1) is 6.61 Å². The van der Waals surface area contributed by atoms with Gasteiger partial charge < -0.3 is 9.64 Å². The summed E-state index contributed by atoms with van der Waals surface area (Å²) in [5.41, 5.74) is 4.74. The lowest BCUT2D eigenvalue weighted by atomic mass is 10.0. The molecule has 3 aromatic rings. The van der Waals surface area contributed by atoms with Gasteiger partial charge in [-0.05, 0) is 78.8 Å². The molecular weight excluding hydrogens is 519 g/mol. The van der Waals surface area contributed by atoms with Gasteiger partial charge in [-0.25, -0.2) is 0 Å². The Kier molecular flexibility index (Phi) is 14.4. The zero-order chi connectivity index (χ0) is 22.9. The van der Waals surface area contributed by atoms with Gasteiger partial charge in [-0.15, -0.1) is 37.2 Å². The standard InChI is InChI=1S/C27H32N4O2.3ClH/c1-22(32)31-16-3-6-25-19-26(7-8-27(25)31)33-18-4-15-30(21-24-9-13-28-14-10-24)17-11-23-5-2-12-29-20-23;;;/h2,5,7-10,12-14,19-20H,3-4,6,11,15-18,21H2,1H3;3*1H. The summed E-state index contributed by atoms with van der Waals surface area (Å²) in [6.45, 7) is 5.90. The Balaban J connectivity index is 0.00000216. The fourth-order valence-electron chi connectivity index (χ4n) is 4.32. The molecule has 1 aliphatic rings. The van der Waals surface area contributed by atoms with Crippen LogP contribution < -0.4 is 9.64 Å². The topological polar surface area (TPSA) is 58.6 Å². The molecule has 0 atom stereocenters. The molecular formula is C27H35Cl3N4O2. The van der Waals surface area contributed by atoms with E-state index in [1.54, 1.807) is 6.92 Å². The molecule has 0 fully saturated rings. The number of nitrogens with zero attached hydrogens (tertiary/aromatic N) is 4. The summed E-state index contributed by atoms with van der Waals surface area (Å²) in [5.74, 6) is 0.986. The number of amides is 1. The molecule has 0 saturated carbocycles. The summed E-state index contributed by atoms with van der Waals surface area (Å²) in [4.78, 5) is 24.6. The maximum atomic E-state index is 11.9. The quantitative estimate of drug-likeness (QED) is 0.308. The lowest BCUT2D eigenvalue weighted by Crippen LogP contribution is -2.33. The van der Waals surface area contributed by atoms with Gasteiger partial charge in [-0.2, -0.15) is 0 Å². The monoisotopic (exact) mass is 552 g/mol. The average Bonchev–Trinajstić information content (AvgIpc) is 2.85. The van der Waals surface area contributed by atoms with Crippen molar-refractivity contribution in [2.24, 2.45) is 0 Å². The SMILES string of the molecule is CC(=O)N1CCCc2cc(OCCCN(CCc3cccnc3)Cc3ccncc3)ccc21.Cl.Cl.Cl. The first kappa shape index (κ1) is 31.6. The predicted molar refractivity (Wildman–Crippen MR) is 152 cm³/mol.